The van der Waals surface area contributed by atoms with Gasteiger partial charge in [-0.15, -0.1) is 0 Å². The maximum atomic E-state index is 14.0. The predicted molar refractivity (Wildman–Crippen MR) is 82.9 cm³/mol. The van der Waals surface area contributed by atoms with Crippen molar-refractivity contribution in [3.05, 3.63) is 70.8 Å². The first-order valence-corrected chi connectivity index (χ1v) is 7.54. The number of ether oxygens (including phenoxy) is 2. The van der Waals surface area contributed by atoms with E-state index in [1.165, 1.54) is 12.1 Å². The van der Waals surface area contributed by atoms with E-state index in [0.29, 0.717) is 24.3 Å². The molecule has 3 nitrogen and oxygen atoms in total. The number of halogens is 2. The smallest absolute Gasteiger partial charge is 0.184 e. The van der Waals surface area contributed by atoms with E-state index >= 15 is 0 Å². The Morgan fingerprint density at radius 3 is 2.04 bits per heavy atom. The summed E-state index contributed by atoms with van der Waals surface area (Å²) in [5, 5.41) is 10.5. The lowest BCUT2D eigenvalue weighted by Gasteiger charge is -2.23. The van der Waals surface area contributed by atoms with Crippen LogP contribution in [0.25, 0.3) is 0 Å². The molecular formula is C18H20F2O3. The van der Waals surface area contributed by atoms with Gasteiger partial charge in [-0.1, -0.05) is 36.4 Å². The molecule has 0 aliphatic rings. The Hall–Kier alpha value is -1.82. The molecule has 0 aliphatic heterocycles. The van der Waals surface area contributed by atoms with Gasteiger partial charge in [0.05, 0.1) is 0 Å². The number of aliphatic hydroxyl groups excluding tert-OH is 1. The zero-order valence-electron chi connectivity index (χ0n) is 13.1. The number of benzene rings is 2. The number of hydrogen-bond donors (Lipinski definition) is 1. The molecule has 1 N–H and O–H groups in total. The molecule has 5 heteroatoms. The molecule has 23 heavy (non-hydrogen) atoms. The third-order valence-corrected chi connectivity index (χ3v) is 3.46. The fourth-order valence-electron chi connectivity index (χ4n) is 2.40. The third-order valence-electron chi connectivity index (χ3n) is 3.46. The van der Waals surface area contributed by atoms with Crippen molar-refractivity contribution < 1.29 is 23.4 Å². The Morgan fingerprint density at radius 1 is 0.870 bits per heavy atom. The van der Waals surface area contributed by atoms with Crippen LogP contribution in [0, 0.1) is 11.6 Å². The molecule has 0 bridgehead atoms. The van der Waals surface area contributed by atoms with E-state index in [2.05, 4.69) is 0 Å². The summed E-state index contributed by atoms with van der Waals surface area (Å²) in [6.45, 7) is 4.50. The molecule has 0 amide bonds. The molecule has 1 atom stereocenters. The monoisotopic (exact) mass is 322 g/mol. The summed E-state index contributed by atoms with van der Waals surface area (Å²) in [7, 11) is 0. The highest BCUT2D eigenvalue weighted by Gasteiger charge is 2.23. The van der Waals surface area contributed by atoms with Gasteiger partial charge in [0.15, 0.2) is 17.9 Å². The topological polar surface area (TPSA) is 38.7 Å². The van der Waals surface area contributed by atoms with Gasteiger partial charge in [0, 0.05) is 24.3 Å². The quantitative estimate of drug-likeness (QED) is 0.779. The second-order valence-electron chi connectivity index (χ2n) is 4.92. The summed E-state index contributed by atoms with van der Waals surface area (Å²) < 4.78 is 38.5. The maximum absolute atomic E-state index is 14.0. The van der Waals surface area contributed by atoms with E-state index in [-0.39, 0.29) is 5.56 Å². The lowest BCUT2D eigenvalue weighted by molar-refractivity contribution is -0.141. The summed E-state index contributed by atoms with van der Waals surface area (Å²) >= 11 is 0. The highest BCUT2D eigenvalue weighted by molar-refractivity contribution is 5.37. The van der Waals surface area contributed by atoms with Gasteiger partial charge >= 0.3 is 0 Å². The van der Waals surface area contributed by atoms with E-state index in [4.69, 9.17) is 9.47 Å². The van der Waals surface area contributed by atoms with Crippen LogP contribution in [0.1, 0.15) is 42.9 Å². The molecule has 0 spiro atoms. The van der Waals surface area contributed by atoms with E-state index < -0.39 is 24.0 Å². The van der Waals surface area contributed by atoms with Crippen molar-refractivity contribution in [3.63, 3.8) is 0 Å². The van der Waals surface area contributed by atoms with Crippen LogP contribution in [0.3, 0.4) is 0 Å². The Bertz CT molecular complexity index is 640. The zero-order valence-corrected chi connectivity index (χ0v) is 13.1. The fraction of sp³-hybridized carbons (Fsp3) is 0.333. The largest absolute Gasteiger partial charge is 0.384 e. The molecule has 2 aromatic carbocycles. The third kappa shape index (κ3) is 3.93. The highest BCUT2D eigenvalue weighted by atomic mass is 19.2. The molecule has 0 heterocycles. The van der Waals surface area contributed by atoms with Gasteiger partial charge in [0.1, 0.15) is 6.10 Å². The lowest BCUT2D eigenvalue weighted by Crippen LogP contribution is -2.14. The van der Waals surface area contributed by atoms with Gasteiger partial charge in [-0.3, -0.25) is 0 Å². The normalized spacial score (nSPS) is 12.6. The average molecular weight is 322 g/mol. The van der Waals surface area contributed by atoms with Gasteiger partial charge in [-0.2, -0.15) is 0 Å². The highest BCUT2D eigenvalue weighted by Crippen LogP contribution is 2.32. The Balaban J connectivity index is 2.44. The molecule has 0 radical (unpaired) electrons. The zero-order chi connectivity index (χ0) is 16.8. The molecule has 0 fully saturated rings. The van der Waals surface area contributed by atoms with Gasteiger partial charge in [0.2, 0.25) is 0 Å². The summed E-state index contributed by atoms with van der Waals surface area (Å²) in [6.07, 6.45) is -1.99. The average Bonchev–Trinajstić information content (AvgIpc) is 2.56. The second kappa shape index (κ2) is 8.15. The van der Waals surface area contributed by atoms with Crippen molar-refractivity contribution in [2.45, 2.75) is 26.2 Å². The minimum atomic E-state index is -1.31. The molecule has 0 aliphatic carbocycles. The van der Waals surface area contributed by atoms with Gasteiger partial charge in [-0.25, -0.2) is 8.78 Å². The number of rotatable bonds is 7. The van der Waals surface area contributed by atoms with Crippen LogP contribution in [0.15, 0.2) is 42.5 Å². The van der Waals surface area contributed by atoms with Crippen LogP contribution in [0.5, 0.6) is 0 Å². The van der Waals surface area contributed by atoms with Crippen LogP contribution < -0.4 is 0 Å². The van der Waals surface area contributed by atoms with Crippen LogP contribution in [0.2, 0.25) is 0 Å². The van der Waals surface area contributed by atoms with Gasteiger partial charge < -0.3 is 14.6 Å². The van der Waals surface area contributed by atoms with Crippen LogP contribution in [0.4, 0.5) is 8.78 Å². The van der Waals surface area contributed by atoms with E-state index in [9.17, 15) is 13.9 Å². The van der Waals surface area contributed by atoms with E-state index in [1.807, 2.05) is 13.8 Å². The first-order chi connectivity index (χ1) is 11.1. The van der Waals surface area contributed by atoms with Gasteiger partial charge in [0.25, 0.3) is 0 Å². The van der Waals surface area contributed by atoms with Gasteiger partial charge in [-0.05, 0) is 25.5 Å². The van der Waals surface area contributed by atoms with Crippen molar-refractivity contribution in [2.75, 3.05) is 13.2 Å². The summed E-state index contributed by atoms with van der Waals surface area (Å²) in [6, 6.07) is 10.6. The molecule has 0 aromatic heterocycles. The molecule has 124 valence electrons. The predicted octanol–water partition coefficient (Wildman–Crippen LogP) is 4.12. The Kier molecular flexibility index (Phi) is 6.21. The number of aliphatic hydroxyl groups is 1. The summed E-state index contributed by atoms with van der Waals surface area (Å²) in [5.41, 5.74) is 0.889. The second-order valence-corrected chi connectivity index (χ2v) is 4.92. The van der Waals surface area contributed by atoms with Crippen LogP contribution in [-0.4, -0.2) is 18.3 Å². The maximum Gasteiger partial charge on any atom is 0.184 e. The summed E-state index contributed by atoms with van der Waals surface area (Å²) in [5.74, 6) is -2.05. The van der Waals surface area contributed by atoms with Crippen molar-refractivity contribution >= 4 is 0 Å². The number of hydrogen-bond acceptors (Lipinski definition) is 3. The minimum Gasteiger partial charge on any atom is -0.384 e. The van der Waals surface area contributed by atoms with E-state index in [0.717, 1.165) is 6.07 Å². The Morgan fingerprint density at radius 2 is 1.43 bits per heavy atom. The molecule has 0 saturated heterocycles. The van der Waals surface area contributed by atoms with E-state index in [1.54, 1.807) is 24.3 Å². The van der Waals surface area contributed by atoms with Crippen molar-refractivity contribution in [1.82, 2.24) is 0 Å². The molecular weight excluding hydrogens is 302 g/mol. The fourth-order valence-corrected chi connectivity index (χ4v) is 2.40. The minimum absolute atomic E-state index is 0.121. The first-order valence-electron chi connectivity index (χ1n) is 7.54. The van der Waals surface area contributed by atoms with Crippen LogP contribution in [-0.2, 0) is 9.47 Å². The van der Waals surface area contributed by atoms with Crippen molar-refractivity contribution in [1.29, 1.82) is 0 Å². The molecule has 2 aromatic rings. The van der Waals surface area contributed by atoms with Crippen molar-refractivity contribution in [2.24, 2.45) is 0 Å². The Labute approximate surface area is 134 Å². The molecule has 1 unspecified atom stereocenters. The summed E-state index contributed by atoms with van der Waals surface area (Å²) in [4.78, 5) is 0. The lowest BCUT2D eigenvalue weighted by atomic mass is 9.96. The standard InChI is InChI=1S/C18H20F2O3/c1-3-22-18(23-4-2)13-9-6-5-8-12(13)17(21)14-10-7-11-15(19)16(14)20/h5-11,17-18,21H,3-4H2,1-2H3. The SMILES string of the molecule is CCOC(OCC)c1ccccc1C(O)c1cccc(F)c1F. The molecule has 0 saturated carbocycles. The van der Waals surface area contributed by atoms with Crippen molar-refractivity contribution in [3.8, 4) is 0 Å². The van der Waals surface area contributed by atoms with Crippen LogP contribution >= 0.6 is 0 Å². The molecule has 2 rings (SSSR count). The first kappa shape index (κ1) is 17.5.